The van der Waals surface area contributed by atoms with Crippen LogP contribution in [0.15, 0.2) is 24.3 Å². The molecule has 0 aliphatic carbocycles. The summed E-state index contributed by atoms with van der Waals surface area (Å²) in [6.07, 6.45) is 3.30. The smallest absolute Gasteiger partial charge is 0.227 e. The average molecular weight is 434 g/mol. The van der Waals surface area contributed by atoms with Crippen molar-refractivity contribution >= 4 is 30.0 Å². The van der Waals surface area contributed by atoms with Gasteiger partial charge in [0.2, 0.25) is 11.9 Å². The Morgan fingerprint density at radius 2 is 1.83 bits per heavy atom. The van der Waals surface area contributed by atoms with E-state index in [1.807, 2.05) is 24.3 Å². The number of benzene rings is 1. The SMILES string of the molecule is CC(C)Cc1ccc(C(=O)CCC(=O)Nc2nc(C3CCNCC3)nn2C)cc1.Cl. The highest BCUT2D eigenvalue weighted by Crippen LogP contribution is 2.23. The Hall–Kier alpha value is -2.25. The number of amides is 1. The van der Waals surface area contributed by atoms with Crippen molar-refractivity contribution in [3.63, 3.8) is 0 Å². The van der Waals surface area contributed by atoms with Crippen LogP contribution < -0.4 is 10.6 Å². The molecule has 1 fully saturated rings. The minimum absolute atomic E-state index is 0. The minimum Gasteiger partial charge on any atom is -0.317 e. The molecule has 1 amide bonds. The number of rotatable bonds is 8. The third kappa shape index (κ3) is 6.64. The number of aryl methyl sites for hydroxylation is 1. The maximum atomic E-state index is 12.4. The summed E-state index contributed by atoms with van der Waals surface area (Å²) in [5, 5.41) is 10.6. The van der Waals surface area contributed by atoms with Gasteiger partial charge in [-0.15, -0.1) is 12.4 Å². The Balaban J connectivity index is 0.00000320. The van der Waals surface area contributed by atoms with Gasteiger partial charge in [0, 0.05) is 31.4 Å². The standard InChI is InChI=1S/C22H31N5O2.ClH/c1-15(2)14-16-4-6-17(7-5-16)19(28)8-9-20(29)24-22-25-21(26-27(22)3)18-10-12-23-13-11-18;/h4-7,15,18,23H,8-14H2,1-3H3,(H,24,25,26,29);1H. The van der Waals surface area contributed by atoms with Gasteiger partial charge in [-0.1, -0.05) is 38.1 Å². The van der Waals surface area contributed by atoms with Crippen LogP contribution in [-0.2, 0) is 18.3 Å². The van der Waals surface area contributed by atoms with Crippen LogP contribution in [0.3, 0.4) is 0 Å². The topological polar surface area (TPSA) is 88.9 Å². The van der Waals surface area contributed by atoms with Crippen LogP contribution >= 0.6 is 12.4 Å². The quantitative estimate of drug-likeness (QED) is 0.622. The number of halogens is 1. The lowest BCUT2D eigenvalue weighted by Gasteiger charge is -2.19. The van der Waals surface area contributed by atoms with E-state index in [1.165, 1.54) is 5.56 Å². The van der Waals surface area contributed by atoms with Crippen LogP contribution in [0.2, 0.25) is 0 Å². The fraction of sp³-hybridized carbons (Fsp3) is 0.545. The number of Topliss-reactive ketones (excluding diaryl/α,β-unsaturated/α-hetero) is 1. The molecule has 0 bridgehead atoms. The van der Waals surface area contributed by atoms with Crippen LogP contribution in [0.5, 0.6) is 0 Å². The van der Waals surface area contributed by atoms with E-state index in [2.05, 4.69) is 34.6 Å². The molecule has 8 heteroatoms. The van der Waals surface area contributed by atoms with Crippen molar-refractivity contribution < 1.29 is 9.59 Å². The lowest BCUT2D eigenvalue weighted by Crippen LogP contribution is -2.27. The summed E-state index contributed by atoms with van der Waals surface area (Å²) in [6, 6.07) is 7.70. The fourth-order valence-electron chi connectivity index (χ4n) is 3.62. The third-order valence-corrected chi connectivity index (χ3v) is 5.23. The van der Waals surface area contributed by atoms with Gasteiger partial charge in [-0.05, 0) is 43.8 Å². The van der Waals surface area contributed by atoms with Crippen molar-refractivity contribution in [3.05, 3.63) is 41.2 Å². The summed E-state index contributed by atoms with van der Waals surface area (Å²) in [5.41, 5.74) is 1.87. The largest absolute Gasteiger partial charge is 0.317 e. The number of carbonyl (C=O) groups is 2. The van der Waals surface area contributed by atoms with E-state index >= 15 is 0 Å². The zero-order valence-corrected chi connectivity index (χ0v) is 18.8. The predicted octanol–water partition coefficient (Wildman–Crippen LogP) is 3.50. The van der Waals surface area contributed by atoms with E-state index in [1.54, 1.807) is 11.7 Å². The van der Waals surface area contributed by atoms with Gasteiger partial charge in [0.1, 0.15) is 0 Å². The van der Waals surface area contributed by atoms with Gasteiger partial charge < -0.3 is 5.32 Å². The molecule has 1 aliphatic rings. The fourth-order valence-corrected chi connectivity index (χ4v) is 3.62. The molecule has 1 saturated heterocycles. The summed E-state index contributed by atoms with van der Waals surface area (Å²) < 4.78 is 1.60. The van der Waals surface area contributed by atoms with Gasteiger partial charge in [0.05, 0.1) is 0 Å². The van der Waals surface area contributed by atoms with Gasteiger partial charge in [-0.3, -0.25) is 14.9 Å². The minimum atomic E-state index is -0.220. The second-order valence-electron chi connectivity index (χ2n) is 8.21. The first-order chi connectivity index (χ1) is 13.9. The van der Waals surface area contributed by atoms with Crippen LogP contribution in [0, 0.1) is 5.92 Å². The van der Waals surface area contributed by atoms with Crippen molar-refractivity contribution in [2.75, 3.05) is 18.4 Å². The van der Waals surface area contributed by atoms with Crippen LogP contribution in [0.25, 0.3) is 0 Å². The van der Waals surface area contributed by atoms with E-state index in [0.717, 1.165) is 38.2 Å². The summed E-state index contributed by atoms with van der Waals surface area (Å²) >= 11 is 0. The van der Waals surface area contributed by atoms with E-state index in [0.29, 0.717) is 23.3 Å². The van der Waals surface area contributed by atoms with Gasteiger partial charge in [0.25, 0.3) is 0 Å². The highest BCUT2D eigenvalue weighted by Gasteiger charge is 2.21. The van der Waals surface area contributed by atoms with E-state index in [4.69, 9.17) is 0 Å². The monoisotopic (exact) mass is 433 g/mol. The Morgan fingerprint density at radius 1 is 1.17 bits per heavy atom. The molecule has 0 unspecified atom stereocenters. The summed E-state index contributed by atoms with van der Waals surface area (Å²) in [5.74, 6) is 1.88. The van der Waals surface area contributed by atoms with Crippen molar-refractivity contribution in [1.29, 1.82) is 0 Å². The number of nitrogens with one attached hydrogen (secondary N) is 2. The van der Waals surface area contributed by atoms with Crippen LogP contribution in [0.4, 0.5) is 5.95 Å². The molecular formula is C22H32ClN5O2. The molecule has 1 aromatic carbocycles. The molecule has 0 radical (unpaired) electrons. The number of piperidine rings is 1. The highest BCUT2D eigenvalue weighted by molar-refractivity contribution is 5.99. The zero-order chi connectivity index (χ0) is 20.8. The zero-order valence-electron chi connectivity index (χ0n) is 18.0. The molecule has 164 valence electrons. The Labute approximate surface area is 184 Å². The first-order valence-corrected chi connectivity index (χ1v) is 10.5. The Bertz CT molecular complexity index is 842. The third-order valence-electron chi connectivity index (χ3n) is 5.23. The lowest BCUT2D eigenvalue weighted by atomic mass is 9.98. The molecule has 1 aromatic heterocycles. The second kappa shape index (κ2) is 11.2. The number of hydrogen-bond acceptors (Lipinski definition) is 5. The van der Waals surface area contributed by atoms with Crippen LogP contribution in [-0.4, -0.2) is 39.5 Å². The first kappa shape index (κ1) is 24.0. The number of carbonyl (C=O) groups excluding carboxylic acids is 2. The Kier molecular flexibility index (Phi) is 8.99. The molecule has 0 atom stereocenters. The molecular weight excluding hydrogens is 402 g/mol. The number of nitrogens with zero attached hydrogens (tertiary/aromatic N) is 3. The van der Waals surface area contributed by atoms with Gasteiger partial charge >= 0.3 is 0 Å². The molecule has 2 N–H and O–H groups in total. The molecule has 0 saturated carbocycles. The van der Waals surface area contributed by atoms with Crippen molar-refractivity contribution in [3.8, 4) is 0 Å². The number of anilines is 1. The maximum Gasteiger partial charge on any atom is 0.227 e. The highest BCUT2D eigenvalue weighted by atomic mass is 35.5. The molecule has 1 aliphatic heterocycles. The first-order valence-electron chi connectivity index (χ1n) is 10.5. The molecule has 2 heterocycles. The van der Waals surface area contributed by atoms with E-state index < -0.39 is 0 Å². The van der Waals surface area contributed by atoms with E-state index in [-0.39, 0.29) is 36.9 Å². The number of aromatic nitrogens is 3. The van der Waals surface area contributed by atoms with Crippen molar-refractivity contribution in [2.24, 2.45) is 13.0 Å². The van der Waals surface area contributed by atoms with Gasteiger partial charge in [-0.25, -0.2) is 4.68 Å². The number of ketones is 1. The van der Waals surface area contributed by atoms with Gasteiger partial charge in [-0.2, -0.15) is 10.1 Å². The summed E-state index contributed by atoms with van der Waals surface area (Å²) in [6.45, 7) is 6.27. The summed E-state index contributed by atoms with van der Waals surface area (Å²) in [4.78, 5) is 29.2. The number of hydrogen-bond donors (Lipinski definition) is 2. The lowest BCUT2D eigenvalue weighted by molar-refractivity contribution is -0.116. The van der Waals surface area contributed by atoms with Crippen LogP contribution in [0.1, 0.15) is 67.2 Å². The maximum absolute atomic E-state index is 12.4. The molecule has 2 aromatic rings. The normalized spacial score (nSPS) is 14.4. The van der Waals surface area contributed by atoms with Gasteiger partial charge in [0.15, 0.2) is 11.6 Å². The van der Waals surface area contributed by atoms with Crippen molar-refractivity contribution in [2.45, 2.75) is 51.9 Å². The average Bonchev–Trinajstić information content (AvgIpc) is 3.07. The van der Waals surface area contributed by atoms with Crippen molar-refractivity contribution in [1.82, 2.24) is 20.1 Å². The molecule has 30 heavy (non-hydrogen) atoms. The predicted molar refractivity (Wildman–Crippen MR) is 120 cm³/mol. The molecule has 7 nitrogen and oxygen atoms in total. The Morgan fingerprint density at radius 3 is 2.47 bits per heavy atom. The summed E-state index contributed by atoms with van der Waals surface area (Å²) in [7, 11) is 1.77. The second-order valence-corrected chi connectivity index (χ2v) is 8.21. The molecule has 0 spiro atoms. The molecule has 3 rings (SSSR count). The van der Waals surface area contributed by atoms with E-state index in [9.17, 15) is 9.59 Å².